The van der Waals surface area contributed by atoms with Gasteiger partial charge in [0, 0.05) is 6.54 Å². The van der Waals surface area contributed by atoms with E-state index in [9.17, 15) is 14.7 Å². The summed E-state index contributed by atoms with van der Waals surface area (Å²) in [5.41, 5.74) is 0. The Balaban J connectivity index is 4.79. The molecule has 0 fully saturated rings. The lowest BCUT2D eigenvalue weighted by molar-refractivity contribution is -0.147. The molecule has 2 atom stereocenters. The second-order valence-corrected chi connectivity index (χ2v) is 5.56. The van der Waals surface area contributed by atoms with Crippen LogP contribution >= 0.6 is 0 Å². The molecule has 19 heavy (non-hydrogen) atoms. The fourth-order valence-electron chi connectivity index (χ4n) is 1.96. The summed E-state index contributed by atoms with van der Waals surface area (Å²) in [6.07, 6.45) is 2.20. The molecule has 0 heterocycles. The third kappa shape index (κ3) is 7.15. The molecule has 5 heteroatoms. The third-order valence-electron chi connectivity index (χ3n) is 3.21. The molecule has 0 spiro atoms. The van der Waals surface area contributed by atoms with E-state index in [1.165, 1.54) is 0 Å². The molecule has 0 aliphatic rings. The zero-order valence-electron chi connectivity index (χ0n) is 12.4. The van der Waals surface area contributed by atoms with Crippen LogP contribution in [0.15, 0.2) is 0 Å². The number of carboxylic acid groups (broad SMARTS) is 2. The van der Waals surface area contributed by atoms with Crippen molar-refractivity contribution in [1.29, 1.82) is 0 Å². The number of nitrogens with zero attached hydrogens (tertiary/aromatic N) is 1. The van der Waals surface area contributed by atoms with E-state index < -0.39 is 23.9 Å². The molecule has 0 saturated carbocycles. The van der Waals surface area contributed by atoms with Gasteiger partial charge in [-0.1, -0.05) is 34.1 Å². The first-order valence-corrected chi connectivity index (χ1v) is 6.99. The van der Waals surface area contributed by atoms with E-state index in [2.05, 4.69) is 13.8 Å². The standard InChI is InChI=1S/C14H27NO4/c1-5-6-12(14(18)19)15(8-7-10(2)3)9-11(4)13(16)17/h10-12H,5-9H2,1-4H3,(H,16,17)(H,18,19). The highest BCUT2D eigenvalue weighted by molar-refractivity contribution is 5.74. The smallest absolute Gasteiger partial charge is 0.320 e. The number of rotatable bonds is 10. The number of hydrogen-bond donors (Lipinski definition) is 2. The van der Waals surface area contributed by atoms with Crippen LogP contribution in [0.3, 0.4) is 0 Å². The van der Waals surface area contributed by atoms with Crippen molar-refractivity contribution < 1.29 is 19.8 Å². The van der Waals surface area contributed by atoms with Crippen molar-refractivity contribution in [3.63, 3.8) is 0 Å². The highest BCUT2D eigenvalue weighted by Gasteiger charge is 2.27. The van der Waals surface area contributed by atoms with Gasteiger partial charge in [-0.05, 0) is 25.3 Å². The van der Waals surface area contributed by atoms with Crippen LogP contribution in [-0.4, -0.2) is 46.2 Å². The van der Waals surface area contributed by atoms with Crippen molar-refractivity contribution in [2.75, 3.05) is 13.1 Å². The molecule has 0 aliphatic carbocycles. The molecule has 0 aromatic heterocycles. The van der Waals surface area contributed by atoms with Crippen molar-refractivity contribution in [1.82, 2.24) is 4.90 Å². The van der Waals surface area contributed by atoms with Crippen molar-refractivity contribution >= 4 is 11.9 Å². The summed E-state index contributed by atoms with van der Waals surface area (Å²) in [5, 5.41) is 18.3. The highest BCUT2D eigenvalue weighted by Crippen LogP contribution is 2.14. The first kappa shape index (κ1) is 17.9. The van der Waals surface area contributed by atoms with Gasteiger partial charge in [-0.25, -0.2) is 0 Å². The Morgan fingerprint density at radius 1 is 1.05 bits per heavy atom. The Kier molecular flexibility index (Phi) is 8.39. The predicted octanol–water partition coefficient (Wildman–Crippen LogP) is 2.31. The average Bonchev–Trinajstić information content (AvgIpc) is 2.30. The maximum absolute atomic E-state index is 11.3. The third-order valence-corrected chi connectivity index (χ3v) is 3.21. The number of hydrogen-bond acceptors (Lipinski definition) is 3. The van der Waals surface area contributed by atoms with Crippen molar-refractivity contribution in [2.45, 2.75) is 53.0 Å². The second-order valence-electron chi connectivity index (χ2n) is 5.56. The molecule has 0 aliphatic heterocycles. The van der Waals surface area contributed by atoms with Gasteiger partial charge >= 0.3 is 11.9 Å². The van der Waals surface area contributed by atoms with E-state index in [0.717, 1.165) is 12.8 Å². The summed E-state index contributed by atoms with van der Waals surface area (Å²) < 4.78 is 0. The summed E-state index contributed by atoms with van der Waals surface area (Å²) in [6, 6.07) is -0.578. The predicted molar refractivity (Wildman–Crippen MR) is 74.2 cm³/mol. The van der Waals surface area contributed by atoms with Gasteiger partial charge in [0.1, 0.15) is 6.04 Å². The fourth-order valence-corrected chi connectivity index (χ4v) is 1.96. The van der Waals surface area contributed by atoms with Gasteiger partial charge in [-0.15, -0.1) is 0 Å². The van der Waals surface area contributed by atoms with Crippen LogP contribution in [0.25, 0.3) is 0 Å². The normalized spacial score (nSPS) is 14.6. The molecule has 5 nitrogen and oxygen atoms in total. The number of carboxylic acids is 2. The van der Waals surface area contributed by atoms with Crippen LogP contribution in [0, 0.1) is 11.8 Å². The minimum Gasteiger partial charge on any atom is -0.481 e. The summed E-state index contributed by atoms with van der Waals surface area (Å²) in [6.45, 7) is 8.64. The molecule has 0 bridgehead atoms. The molecular weight excluding hydrogens is 246 g/mol. The fraction of sp³-hybridized carbons (Fsp3) is 0.857. The first-order chi connectivity index (χ1) is 8.79. The minimum absolute atomic E-state index is 0.291. The van der Waals surface area contributed by atoms with Gasteiger partial charge in [-0.3, -0.25) is 14.5 Å². The van der Waals surface area contributed by atoms with Crippen LogP contribution in [0.1, 0.15) is 47.0 Å². The van der Waals surface area contributed by atoms with Gasteiger partial charge < -0.3 is 10.2 Å². The second kappa shape index (κ2) is 8.91. The van der Waals surface area contributed by atoms with E-state index in [4.69, 9.17) is 5.11 Å². The maximum atomic E-state index is 11.3. The molecule has 0 amide bonds. The van der Waals surface area contributed by atoms with Gasteiger partial charge in [0.15, 0.2) is 0 Å². The molecule has 2 N–H and O–H groups in total. The van der Waals surface area contributed by atoms with Gasteiger partial charge in [-0.2, -0.15) is 0 Å². The number of carbonyl (C=O) groups is 2. The van der Waals surface area contributed by atoms with Crippen LogP contribution in [-0.2, 0) is 9.59 Å². The topological polar surface area (TPSA) is 77.8 Å². The molecule has 0 saturated heterocycles. The Morgan fingerprint density at radius 3 is 2.00 bits per heavy atom. The van der Waals surface area contributed by atoms with E-state index in [1.54, 1.807) is 6.92 Å². The van der Waals surface area contributed by atoms with E-state index in [0.29, 0.717) is 25.4 Å². The zero-order valence-corrected chi connectivity index (χ0v) is 12.4. The Hall–Kier alpha value is -1.10. The van der Waals surface area contributed by atoms with Crippen molar-refractivity contribution in [2.24, 2.45) is 11.8 Å². The maximum Gasteiger partial charge on any atom is 0.320 e. The first-order valence-electron chi connectivity index (χ1n) is 6.99. The van der Waals surface area contributed by atoms with Gasteiger partial charge in [0.25, 0.3) is 0 Å². The average molecular weight is 273 g/mol. The van der Waals surface area contributed by atoms with E-state index >= 15 is 0 Å². The van der Waals surface area contributed by atoms with Crippen LogP contribution in [0.5, 0.6) is 0 Å². The summed E-state index contributed by atoms with van der Waals surface area (Å²) in [5.74, 6) is -1.82. The molecule has 0 aromatic carbocycles. The van der Waals surface area contributed by atoms with Gasteiger partial charge in [0.05, 0.1) is 5.92 Å². The molecular formula is C14H27NO4. The quantitative estimate of drug-likeness (QED) is 0.638. The van der Waals surface area contributed by atoms with Crippen molar-refractivity contribution in [3.05, 3.63) is 0 Å². The van der Waals surface area contributed by atoms with Crippen LogP contribution in [0.4, 0.5) is 0 Å². The number of aliphatic carboxylic acids is 2. The lowest BCUT2D eigenvalue weighted by Crippen LogP contribution is -2.45. The van der Waals surface area contributed by atoms with E-state index in [-0.39, 0.29) is 0 Å². The van der Waals surface area contributed by atoms with Gasteiger partial charge in [0.2, 0.25) is 0 Å². The van der Waals surface area contributed by atoms with E-state index in [1.807, 2.05) is 11.8 Å². The summed E-state index contributed by atoms with van der Waals surface area (Å²) >= 11 is 0. The zero-order chi connectivity index (χ0) is 15.0. The molecule has 112 valence electrons. The summed E-state index contributed by atoms with van der Waals surface area (Å²) in [4.78, 5) is 24.1. The Morgan fingerprint density at radius 2 is 1.63 bits per heavy atom. The summed E-state index contributed by atoms with van der Waals surface area (Å²) in [7, 11) is 0. The minimum atomic E-state index is -0.879. The highest BCUT2D eigenvalue weighted by atomic mass is 16.4. The molecule has 0 aromatic rings. The molecule has 2 unspecified atom stereocenters. The lowest BCUT2D eigenvalue weighted by atomic mass is 10.0. The largest absolute Gasteiger partial charge is 0.481 e. The molecule has 0 radical (unpaired) electrons. The monoisotopic (exact) mass is 273 g/mol. The van der Waals surface area contributed by atoms with Crippen LogP contribution in [0.2, 0.25) is 0 Å². The SMILES string of the molecule is CCCC(C(=O)O)N(CCC(C)C)CC(C)C(=O)O. The lowest BCUT2D eigenvalue weighted by Gasteiger charge is -2.30. The Labute approximate surface area is 115 Å². The molecule has 0 rings (SSSR count). The van der Waals surface area contributed by atoms with Crippen LogP contribution < -0.4 is 0 Å². The Bertz CT molecular complexity index is 291. The van der Waals surface area contributed by atoms with Crippen molar-refractivity contribution in [3.8, 4) is 0 Å².